The number of carbonyl (C=O) groups excluding carboxylic acids is 2. The minimum absolute atomic E-state index is 0.203. The number of rotatable bonds is 8. The molecule has 0 aromatic heterocycles. The lowest BCUT2D eigenvalue weighted by atomic mass is 10.1. The molecule has 6 heteroatoms. The average molecular weight is 417 g/mol. The highest BCUT2D eigenvalue weighted by atomic mass is 16.5. The van der Waals surface area contributed by atoms with E-state index < -0.39 is 0 Å². The van der Waals surface area contributed by atoms with Gasteiger partial charge in [0.15, 0.2) is 5.78 Å². The first-order valence-electron chi connectivity index (χ1n) is 9.54. The van der Waals surface area contributed by atoms with Crippen LogP contribution in [0.5, 0.6) is 17.2 Å². The van der Waals surface area contributed by atoms with E-state index in [0.717, 1.165) is 11.3 Å². The van der Waals surface area contributed by atoms with Crippen LogP contribution in [0.15, 0.2) is 72.8 Å². The van der Waals surface area contributed by atoms with Gasteiger partial charge in [-0.2, -0.15) is 0 Å². The van der Waals surface area contributed by atoms with Gasteiger partial charge in [0.05, 0.1) is 21.3 Å². The Labute approximate surface area is 181 Å². The number of allylic oxidation sites excluding steroid dienone is 1. The highest BCUT2D eigenvalue weighted by Gasteiger charge is 2.18. The number of nitrogens with one attached hydrogen (secondary N) is 1. The van der Waals surface area contributed by atoms with E-state index in [4.69, 9.17) is 14.2 Å². The van der Waals surface area contributed by atoms with Crippen molar-refractivity contribution in [2.75, 3.05) is 26.6 Å². The van der Waals surface area contributed by atoms with Gasteiger partial charge in [-0.25, -0.2) is 0 Å². The molecule has 3 rings (SSSR count). The van der Waals surface area contributed by atoms with Gasteiger partial charge in [-0.15, -0.1) is 0 Å². The van der Waals surface area contributed by atoms with Gasteiger partial charge in [0, 0.05) is 23.4 Å². The first-order chi connectivity index (χ1) is 15.0. The number of ketones is 1. The Morgan fingerprint density at radius 3 is 1.97 bits per heavy atom. The van der Waals surface area contributed by atoms with E-state index in [1.807, 2.05) is 30.3 Å². The van der Waals surface area contributed by atoms with Crippen LogP contribution in [0.25, 0.3) is 6.08 Å². The van der Waals surface area contributed by atoms with E-state index in [0.29, 0.717) is 28.4 Å². The largest absolute Gasteiger partial charge is 0.496 e. The summed E-state index contributed by atoms with van der Waals surface area (Å²) in [6.07, 6.45) is 3.11. The van der Waals surface area contributed by atoms with Gasteiger partial charge in [-0.05, 0) is 35.9 Å². The number of hydrogen-bond acceptors (Lipinski definition) is 5. The van der Waals surface area contributed by atoms with Crippen LogP contribution in [0, 0.1) is 0 Å². The second-order valence-corrected chi connectivity index (χ2v) is 6.55. The summed E-state index contributed by atoms with van der Waals surface area (Å²) in [6.45, 7) is 0. The number of benzene rings is 3. The Morgan fingerprint density at radius 1 is 0.806 bits per heavy atom. The van der Waals surface area contributed by atoms with Crippen LogP contribution < -0.4 is 19.5 Å². The van der Waals surface area contributed by atoms with Gasteiger partial charge < -0.3 is 19.5 Å². The Kier molecular flexibility index (Phi) is 7.06. The van der Waals surface area contributed by atoms with Gasteiger partial charge in [0.25, 0.3) is 5.91 Å². The van der Waals surface area contributed by atoms with Crippen molar-refractivity contribution >= 4 is 23.5 Å². The average Bonchev–Trinajstić information content (AvgIpc) is 2.82. The fourth-order valence-corrected chi connectivity index (χ4v) is 2.97. The van der Waals surface area contributed by atoms with Crippen LogP contribution in [0.4, 0.5) is 5.69 Å². The van der Waals surface area contributed by atoms with Gasteiger partial charge >= 0.3 is 0 Å². The van der Waals surface area contributed by atoms with E-state index in [-0.39, 0.29) is 11.7 Å². The van der Waals surface area contributed by atoms with Crippen LogP contribution in [0.3, 0.4) is 0 Å². The molecule has 0 radical (unpaired) electrons. The predicted molar refractivity (Wildman–Crippen MR) is 120 cm³/mol. The zero-order valence-electron chi connectivity index (χ0n) is 17.5. The zero-order valence-corrected chi connectivity index (χ0v) is 17.5. The molecule has 158 valence electrons. The lowest BCUT2D eigenvalue weighted by molar-refractivity contribution is 0.102. The molecule has 0 saturated heterocycles. The van der Waals surface area contributed by atoms with E-state index in [2.05, 4.69) is 5.32 Å². The summed E-state index contributed by atoms with van der Waals surface area (Å²) in [6, 6.07) is 19.4. The van der Waals surface area contributed by atoms with E-state index in [1.165, 1.54) is 27.4 Å². The molecule has 0 bridgehead atoms. The molecule has 0 aliphatic heterocycles. The molecule has 3 aromatic carbocycles. The summed E-state index contributed by atoms with van der Waals surface area (Å²) in [4.78, 5) is 25.2. The van der Waals surface area contributed by atoms with E-state index in [1.54, 1.807) is 42.5 Å². The Balaban J connectivity index is 1.75. The summed E-state index contributed by atoms with van der Waals surface area (Å²) in [5.74, 6) is 0.768. The van der Waals surface area contributed by atoms with E-state index in [9.17, 15) is 9.59 Å². The predicted octanol–water partition coefficient (Wildman–Crippen LogP) is 4.86. The quantitative estimate of drug-likeness (QED) is 0.418. The molecule has 0 aliphatic rings. The topological polar surface area (TPSA) is 73.9 Å². The highest BCUT2D eigenvalue weighted by molar-refractivity contribution is 6.11. The molecule has 31 heavy (non-hydrogen) atoms. The molecule has 3 aromatic rings. The minimum Gasteiger partial charge on any atom is -0.496 e. The lowest BCUT2D eigenvalue weighted by Gasteiger charge is -2.13. The number of para-hydroxylation sites is 1. The molecule has 0 heterocycles. The zero-order chi connectivity index (χ0) is 22.2. The summed E-state index contributed by atoms with van der Waals surface area (Å²) >= 11 is 0. The fourth-order valence-electron chi connectivity index (χ4n) is 2.97. The SMILES string of the molecule is COc1cc(OC)c(C(=O)/C=C/c2ccc(C(=O)Nc3ccccc3)cc2)c(OC)c1. The molecule has 0 fully saturated rings. The third-order valence-electron chi connectivity index (χ3n) is 4.59. The third-order valence-corrected chi connectivity index (χ3v) is 4.59. The lowest BCUT2D eigenvalue weighted by Crippen LogP contribution is -2.11. The third kappa shape index (κ3) is 5.30. The summed E-state index contributed by atoms with van der Waals surface area (Å²) < 4.78 is 15.9. The smallest absolute Gasteiger partial charge is 0.255 e. The Hall–Kier alpha value is -4.06. The van der Waals surface area contributed by atoms with Crippen molar-refractivity contribution in [1.82, 2.24) is 0 Å². The molecular weight excluding hydrogens is 394 g/mol. The number of hydrogen-bond donors (Lipinski definition) is 1. The maximum atomic E-state index is 12.8. The van der Waals surface area contributed by atoms with Crippen LogP contribution in [-0.4, -0.2) is 33.0 Å². The first kappa shape index (κ1) is 21.6. The molecule has 0 unspecified atom stereocenters. The van der Waals surface area contributed by atoms with Crippen molar-refractivity contribution in [2.45, 2.75) is 0 Å². The molecule has 0 spiro atoms. The monoisotopic (exact) mass is 417 g/mol. The second kappa shape index (κ2) is 10.1. The van der Waals surface area contributed by atoms with Crippen molar-refractivity contribution in [3.8, 4) is 17.2 Å². The highest BCUT2D eigenvalue weighted by Crippen LogP contribution is 2.34. The normalized spacial score (nSPS) is 10.5. The maximum Gasteiger partial charge on any atom is 0.255 e. The number of ether oxygens (including phenoxy) is 3. The number of amides is 1. The second-order valence-electron chi connectivity index (χ2n) is 6.55. The molecular formula is C25H23NO5. The molecule has 0 atom stereocenters. The van der Waals surface area contributed by atoms with Gasteiger partial charge in [0.1, 0.15) is 22.8 Å². The van der Waals surface area contributed by atoms with Crippen LogP contribution in [0.2, 0.25) is 0 Å². The number of anilines is 1. The Bertz CT molecular complexity index is 1060. The standard InChI is InChI=1S/C25H23NO5/c1-29-20-15-22(30-2)24(23(16-20)31-3)21(27)14-11-17-9-12-18(13-10-17)25(28)26-19-7-5-4-6-8-19/h4-16H,1-3H3,(H,26,28)/b14-11+. The molecule has 0 aliphatic carbocycles. The minimum atomic E-state index is -0.276. The summed E-state index contributed by atoms with van der Waals surface area (Å²) in [5, 5.41) is 2.83. The summed E-state index contributed by atoms with van der Waals surface area (Å²) in [7, 11) is 4.49. The maximum absolute atomic E-state index is 12.8. The van der Waals surface area contributed by atoms with Gasteiger partial charge in [-0.1, -0.05) is 36.4 Å². The first-order valence-corrected chi connectivity index (χ1v) is 9.54. The van der Waals surface area contributed by atoms with Crippen molar-refractivity contribution in [1.29, 1.82) is 0 Å². The molecule has 1 N–H and O–H groups in total. The van der Waals surface area contributed by atoms with Crippen molar-refractivity contribution < 1.29 is 23.8 Å². The molecule has 6 nitrogen and oxygen atoms in total. The van der Waals surface area contributed by atoms with Crippen molar-refractivity contribution in [2.24, 2.45) is 0 Å². The number of methoxy groups -OCH3 is 3. The Morgan fingerprint density at radius 2 is 1.42 bits per heavy atom. The summed E-state index contributed by atoms with van der Waals surface area (Å²) in [5.41, 5.74) is 2.33. The van der Waals surface area contributed by atoms with Crippen LogP contribution >= 0.6 is 0 Å². The molecule has 1 amide bonds. The van der Waals surface area contributed by atoms with Crippen molar-refractivity contribution in [3.63, 3.8) is 0 Å². The number of carbonyl (C=O) groups is 2. The van der Waals surface area contributed by atoms with Crippen LogP contribution in [-0.2, 0) is 0 Å². The van der Waals surface area contributed by atoms with E-state index >= 15 is 0 Å². The van der Waals surface area contributed by atoms with Gasteiger partial charge in [-0.3, -0.25) is 9.59 Å². The fraction of sp³-hybridized carbons (Fsp3) is 0.120. The molecule has 0 saturated carbocycles. The van der Waals surface area contributed by atoms with Gasteiger partial charge in [0.2, 0.25) is 0 Å². The van der Waals surface area contributed by atoms with Crippen molar-refractivity contribution in [3.05, 3.63) is 89.5 Å². The van der Waals surface area contributed by atoms with Crippen LogP contribution in [0.1, 0.15) is 26.3 Å².